The summed E-state index contributed by atoms with van der Waals surface area (Å²) in [6, 6.07) is 14.5. The number of likely N-dealkylation sites (tertiary alicyclic amines) is 1. The van der Waals surface area contributed by atoms with Crippen molar-refractivity contribution in [3.8, 4) is 17.1 Å². The van der Waals surface area contributed by atoms with E-state index in [1.54, 1.807) is 28.8 Å². The number of amides is 1. The number of carbonyl (C=O) groups excluding carboxylic acids is 1. The molecule has 1 fully saturated rings. The molecule has 1 aliphatic heterocycles. The second-order valence-corrected chi connectivity index (χ2v) is 8.66. The van der Waals surface area contributed by atoms with E-state index in [0.29, 0.717) is 29.7 Å². The average molecular weight is 467 g/mol. The molecule has 8 heteroatoms. The van der Waals surface area contributed by atoms with Crippen LogP contribution in [-0.4, -0.2) is 44.5 Å². The Labute approximate surface area is 197 Å². The molecule has 1 atom stereocenters. The summed E-state index contributed by atoms with van der Waals surface area (Å²) >= 11 is 1.32. The standard InChI is InChI=1S/C25H27FN4O2S/c1-3-15-30-24(20-8-5-6-9-21(20)26)27-28-25(30)33-17-23(31)29-16-7-10-22(29)18-11-13-19(14-12-18)32-4-2/h3,5-6,8-9,11-14,22H,1,4,7,10,15-17H2,2H3. The number of hydrogen-bond donors (Lipinski definition) is 0. The highest BCUT2D eigenvalue weighted by Gasteiger charge is 2.30. The van der Waals surface area contributed by atoms with Gasteiger partial charge < -0.3 is 9.64 Å². The minimum Gasteiger partial charge on any atom is -0.494 e. The Morgan fingerprint density at radius 2 is 2.03 bits per heavy atom. The summed E-state index contributed by atoms with van der Waals surface area (Å²) in [5, 5.41) is 8.99. The molecule has 0 spiro atoms. The summed E-state index contributed by atoms with van der Waals surface area (Å²) in [6.07, 6.45) is 3.62. The Bertz CT molecular complexity index is 1120. The number of benzene rings is 2. The van der Waals surface area contributed by atoms with Gasteiger partial charge in [0.15, 0.2) is 11.0 Å². The third-order valence-corrected chi connectivity index (χ3v) is 6.57. The predicted octanol–water partition coefficient (Wildman–Crippen LogP) is 5.12. The highest BCUT2D eigenvalue weighted by atomic mass is 32.2. The molecule has 172 valence electrons. The van der Waals surface area contributed by atoms with Crippen molar-refractivity contribution >= 4 is 17.7 Å². The van der Waals surface area contributed by atoms with Gasteiger partial charge in [0, 0.05) is 13.1 Å². The van der Waals surface area contributed by atoms with Gasteiger partial charge in [0.1, 0.15) is 11.6 Å². The topological polar surface area (TPSA) is 60.2 Å². The Morgan fingerprint density at radius 3 is 2.76 bits per heavy atom. The van der Waals surface area contributed by atoms with E-state index in [4.69, 9.17) is 4.74 Å². The molecule has 1 unspecified atom stereocenters. The summed E-state index contributed by atoms with van der Waals surface area (Å²) in [5.74, 6) is 1.19. The van der Waals surface area contributed by atoms with Gasteiger partial charge in [-0.1, -0.05) is 42.1 Å². The minimum absolute atomic E-state index is 0.0528. The van der Waals surface area contributed by atoms with Crippen molar-refractivity contribution in [2.45, 2.75) is 37.5 Å². The number of nitrogens with zero attached hydrogens (tertiary/aromatic N) is 4. The SMILES string of the molecule is C=CCn1c(SCC(=O)N2CCCC2c2ccc(OCC)cc2)nnc1-c1ccccc1F. The number of aromatic nitrogens is 3. The molecular formula is C25H27FN4O2S. The van der Waals surface area contributed by atoms with E-state index in [1.165, 1.54) is 17.8 Å². The summed E-state index contributed by atoms with van der Waals surface area (Å²) in [4.78, 5) is 15.1. The lowest BCUT2D eigenvalue weighted by atomic mass is 10.0. The van der Waals surface area contributed by atoms with Crippen molar-refractivity contribution in [3.05, 3.63) is 72.6 Å². The van der Waals surface area contributed by atoms with Crippen molar-refractivity contribution in [2.24, 2.45) is 0 Å². The minimum atomic E-state index is -0.363. The van der Waals surface area contributed by atoms with Gasteiger partial charge in [0.25, 0.3) is 0 Å². The van der Waals surface area contributed by atoms with Crippen molar-refractivity contribution in [1.29, 1.82) is 0 Å². The van der Waals surface area contributed by atoms with Crippen LogP contribution in [0.15, 0.2) is 66.3 Å². The van der Waals surface area contributed by atoms with Gasteiger partial charge in [0.2, 0.25) is 5.91 Å². The highest BCUT2D eigenvalue weighted by molar-refractivity contribution is 7.99. The van der Waals surface area contributed by atoms with Crippen LogP contribution in [0, 0.1) is 5.82 Å². The van der Waals surface area contributed by atoms with Crippen LogP contribution in [0.3, 0.4) is 0 Å². The molecule has 0 aliphatic carbocycles. The van der Waals surface area contributed by atoms with Crippen molar-refractivity contribution < 1.29 is 13.9 Å². The second-order valence-electron chi connectivity index (χ2n) is 7.72. The second kappa shape index (κ2) is 10.7. The van der Waals surface area contributed by atoms with Crippen LogP contribution in [-0.2, 0) is 11.3 Å². The van der Waals surface area contributed by atoms with Crippen LogP contribution in [0.5, 0.6) is 5.75 Å². The van der Waals surface area contributed by atoms with Crippen molar-refractivity contribution in [1.82, 2.24) is 19.7 Å². The van der Waals surface area contributed by atoms with E-state index in [1.807, 2.05) is 36.1 Å². The summed E-state index contributed by atoms with van der Waals surface area (Å²) in [7, 11) is 0. The van der Waals surface area contributed by atoms with Gasteiger partial charge in [-0.2, -0.15) is 0 Å². The van der Waals surface area contributed by atoms with Crippen LogP contribution < -0.4 is 4.74 Å². The van der Waals surface area contributed by atoms with Crippen LogP contribution in [0.4, 0.5) is 4.39 Å². The maximum atomic E-state index is 14.3. The number of ether oxygens (including phenoxy) is 1. The molecule has 1 amide bonds. The number of thioether (sulfide) groups is 1. The van der Waals surface area contributed by atoms with E-state index < -0.39 is 0 Å². The van der Waals surface area contributed by atoms with Gasteiger partial charge in [-0.05, 0) is 49.6 Å². The average Bonchev–Trinajstić information content (AvgIpc) is 3.47. The third kappa shape index (κ3) is 5.11. The maximum absolute atomic E-state index is 14.3. The molecule has 1 saturated heterocycles. The van der Waals surface area contributed by atoms with Gasteiger partial charge in [0.05, 0.1) is 24.0 Å². The molecular weight excluding hydrogens is 439 g/mol. The fourth-order valence-electron chi connectivity index (χ4n) is 4.10. The van der Waals surface area contributed by atoms with E-state index in [2.05, 4.69) is 16.8 Å². The highest BCUT2D eigenvalue weighted by Crippen LogP contribution is 2.34. The first-order valence-electron chi connectivity index (χ1n) is 11.1. The van der Waals surface area contributed by atoms with Crippen molar-refractivity contribution in [3.63, 3.8) is 0 Å². The zero-order valence-corrected chi connectivity index (χ0v) is 19.4. The van der Waals surface area contributed by atoms with E-state index in [9.17, 15) is 9.18 Å². The van der Waals surface area contributed by atoms with Crippen LogP contribution >= 0.6 is 11.8 Å². The lowest BCUT2D eigenvalue weighted by Crippen LogP contribution is -2.32. The van der Waals surface area contributed by atoms with E-state index in [0.717, 1.165) is 30.7 Å². The molecule has 0 saturated carbocycles. The molecule has 4 rings (SSSR count). The van der Waals surface area contributed by atoms with Crippen LogP contribution in [0.2, 0.25) is 0 Å². The molecule has 0 radical (unpaired) electrons. The molecule has 1 aliphatic rings. The predicted molar refractivity (Wildman–Crippen MR) is 128 cm³/mol. The fraction of sp³-hybridized carbons (Fsp3) is 0.320. The molecule has 6 nitrogen and oxygen atoms in total. The fourth-order valence-corrected chi connectivity index (χ4v) is 4.94. The number of allylic oxidation sites excluding steroid dienone is 1. The molecule has 2 heterocycles. The lowest BCUT2D eigenvalue weighted by Gasteiger charge is -2.25. The summed E-state index contributed by atoms with van der Waals surface area (Å²) in [5.41, 5.74) is 1.49. The zero-order chi connectivity index (χ0) is 23.2. The van der Waals surface area contributed by atoms with Gasteiger partial charge in [-0.3, -0.25) is 9.36 Å². The first-order valence-corrected chi connectivity index (χ1v) is 12.0. The van der Waals surface area contributed by atoms with Gasteiger partial charge >= 0.3 is 0 Å². The first-order chi connectivity index (χ1) is 16.1. The molecule has 0 bridgehead atoms. The number of carbonyl (C=O) groups is 1. The third-order valence-electron chi connectivity index (χ3n) is 5.62. The number of hydrogen-bond acceptors (Lipinski definition) is 5. The Kier molecular flexibility index (Phi) is 7.44. The van der Waals surface area contributed by atoms with E-state index in [-0.39, 0.29) is 23.5 Å². The molecule has 3 aromatic rings. The Morgan fingerprint density at radius 1 is 1.24 bits per heavy atom. The largest absolute Gasteiger partial charge is 0.494 e. The summed E-state index contributed by atoms with van der Waals surface area (Å²) < 4.78 is 21.6. The van der Waals surface area contributed by atoms with Gasteiger partial charge in [-0.15, -0.1) is 16.8 Å². The van der Waals surface area contributed by atoms with Crippen LogP contribution in [0.25, 0.3) is 11.4 Å². The smallest absolute Gasteiger partial charge is 0.233 e. The van der Waals surface area contributed by atoms with Crippen LogP contribution in [0.1, 0.15) is 31.4 Å². The van der Waals surface area contributed by atoms with Crippen molar-refractivity contribution in [2.75, 3.05) is 18.9 Å². The normalized spacial score (nSPS) is 15.6. The molecule has 33 heavy (non-hydrogen) atoms. The molecule has 0 N–H and O–H groups in total. The first kappa shape index (κ1) is 23.0. The summed E-state index contributed by atoms with van der Waals surface area (Å²) in [6.45, 7) is 7.53. The molecule has 1 aromatic heterocycles. The number of halogens is 1. The zero-order valence-electron chi connectivity index (χ0n) is 18.6. The maximum Gasteiger partial charge on any atom is 0.233 e. The van der Waals surface area contributed by atoms with E-state index >= 15 is 0 Å². The quantitative estimate of drug-likeness (QED) is 0.323. The Hall–Kier alpha value is -3.13. The van der Waals surface area contributed by atoms with Gasteiger partial charge in [-0.25, -0.2) is 4.39 Å². The number of rotatable bonds is 9. The molecule has 2 aromatic carbocycles. The lowest BCUT2D eigenvalue weighted by molar-refractivity contribution is -0.129. The Balaban J connectivity index is 1.47. The monoisotopic (exact) mass is 466 g/mol.